The van der Waals surface area contributed by atoms with E-state index >= 15 is 0 Å². The van der Waals surface area contributed by atoms with Gasteiger partial charge in [0.25, 0.3) is 17.5 Å². The number of carbonyl (C=O) groups is 2. The van der Waals surface area contributed by atoms with Gasteiger partial charge in [0.05, 0.1) is 16.2 Å². The number of likely N-dealkylation sites (tertiary alicyclic amines) is 1. The van der Waals surface area contributed by atoms with Crippen molar-refractivity contribution in [2.45, 2.75) is 19.8 Å². The van der Waals surface area contributed by atoms with E-state index in [0.29, 0.717) is 22.4 Å². The van der Waals surface area contributed by atoms with Crippen LogP contribution in [0.25, 0.3) is 0 Å². The van der Waals surface area contributed by atoms with E-state index in [0.717, 1.165) is 25.9 Å². The predicted octanol–water partition coefficient (Wildman–Crippen LogP) is 3.39. The summed E-state index contributed by atoms with van der Waals surface area (Å²) in [4.78, 5) is 37.4. The molecule has 0 spiro atoms. The minimum absolute atomic E-state index is 0.0360. The largest absolute Gasteiger partial charge is 0.339 e. The van der Waals surface area contributed by atoms with E-state index in [1.54, 1.807) is 36.1 Å². The molecule has 0 atom stereocenters. The minimum atomic E-state index is -0.485. The van der Waals surface area contributed by atoms with Gasteiger partial charge < -0.3 is 10.2 Å². The zero-order valence-corrected chi connectivity index (χ0v) is 14.4. The number of hydrogen-bond acceptors (Lipinski definition) is 4. The summed E-state index contributed by atoms with van der Waals surface area (Å²) in [6.45, 7) is 3.03. The first-order valence-electron chi connectivity index (χ1n) is 8.42. The van der Waals surface area contributed by atoms with Crippen LogP contribution in [0.3, 0.4) is 0 Å². The monoisotopic (exact) mass is 353 g/mol. The highest BCUT2D eigenvalue weighted by atomic mass is 16.6. The third kappa shape index (κ3) is 3.56. The Bertz CT molecular complexity index is 873. The molecule has 1 N–H and O–H groups in total. The Hall–Kier alpha value is -3.22. The first-order chi connectivity index (χ1) is 12.5. The summed E-state index contributed by atoms with van der Waals surface area (Å²) in [7, 11) is 0. The molecule has 2 amide bonds. The zero-order chi connectivity index (χ0) is 18.7. The molecule has 1 aliphatic rings. The standard InChI is InChI=1S/C19H19N3O4/c1-13-12-14(8-9-17(13)22(25)26)18(23)20-16-7-3-2-6-15(16)19(24)21-10-4-5-11-21/h2-3,6-9,12H,4-5,10-11H2,1H3,(H,20,23). The van der Waals surface area contributed by atoms with Crippen molar-refractivity contribution >= 4 is 23.2 Å². The van der Waals surface area contributed by atoms with Gasteiger partial charge in [-0.1, -0.05) is 12.1 Å². The summed E-state index contributed by atoms with van der Waals surface area (Å²) in [6, 6.07) is 11.1. The summed E-state index contributed by atoms with van der Waals surface area (Å²) in [5.74, 6) is -0.511. The molecule has 0 bridgehead atoms. The molecule has 1 saturated heterocycles. The number of nitrogens with zero attached hydrogens (tertiary/aromatic N) is 2. The van der Waals surface area contributed by atoms with Crippen molar-refractivity contribution in [2.75, 3.05) is 18.4 Å². The average molecular weight is 353 g/mol. The van der Waals surface area contributed by atoms with Gasteiger partial charge in [-0.05, 0) is 44.0 Å². The van der Waals surface area contributed by atoms with Crippen molar-refractivity contribution in [2.24, 2.45) is 0 Å². The molecule has 1 fully saturated rings. The molecule has 0 unspecified atom stereocenters. The van der Waals surface area contributed by atoms with E-state index in [-0.39, 0.29) is 11.6 Å². The second kappa shape index (κ2) is 7.35. The average Bonchev–Trinajstić information content (AvgIpc) is 3.16. The lowest BCUT2D eigenvalue weighted by molar-refractivity contribution is -0.385. The van der Waals surface area contributed by atoms with Gasteiger partial charge >= 0.3 is 0 Å². The number of benzene rings is 2. The summed E-state index contributed by atoms with van der Waals surface area (Å²) >= 11 is 0. The van der Waals surface area contributed by atoms with Crippen LogP contribution >= 0.6 is 0 Å². The van der Waals surface area contributed by atoms with Crippen molar-refractivity contribution in [3.8, 4) is 0 Å². The Morgan fingerprint density at radius 2 is 1.81 bits per heavy atom. The molecule has 3 rings (SSSR count). The lowest BCUT2D eigenvalue weighted by atomic mass is 10.1. The number of nitro benzene ring substituents is 1. The maximum absolute atomic E-state index is 12.7. The number of hydrogen-bond donors (Lipinski definition) is 1. The molecule has 0 aliphatic carbocycles. The lowest BCUT2D eigenvalue weighted by Gasteiger charge is -2.18. The number of carbonyl (C=O) groups excluding carboxylic acids is 2. The van der Waals surface area contributed by atoms with Crippen LogP contribution in [0.2, 0.25) is 0 Å². The third-order valence-corrected chi connectivity index (χ3v) is 4.45. The van der Waals surface area contributed by atoms with Gasteiger partial charge in [-0.2, -0.15) is 0 Å². The fourth-order valence-electron chi connectivity index (χ4n) is 3.07. The Kier molecular flexibility index (Phi) is 4.97. The van der Waals surface area contributed by atoms with Gasteiger partial charge in [0.2, 0.25) is 0 Å². The Balaban J connectivity index is 1.83. The second-order valence-electron chi connectivity index (χ2n) is 6.26. The quantitative estimate of drug-likeness (QED) is 0.673. The maximum atomic E-state index is 12.7. The van der Waals surface area contributed by atoms with Gasteiger partial charge in [-0.25, -0.2) is 0 Å². The van der Waals surface area contributed by atoms with Crippen LogP contribution in [0.15, 0.2) is 42.5 Å². The summed E-state index contributed by atoms with van der Waals surface area (Å²) < 4.78 is 0. The number of anilines is 1. The summed E-state index contributed by atoms with van der Waals surface area (Å²) in [5.41, 5.74) is 1.55. The minimum Gasteiger partial charge on any atom is -0.339 e. The van der Waals surface area contributed by atoms with Gasteiger partial charge in [0.1, 0.15) is 0 Å². The number of para-hydroxylation sites is 1. The molecule has 2 aromatic carbocycles. The normalized spacial score (nSPS) is 13.5. The van der Waals surface area contributed by atoms with Crippen LogP contribution in [0.5, 0.6) is 0 Å². The molecular formula is C19H19N3O4. The van der Waals surface area contributed by atoms with Gasteiger partial charge in [-0.3, -0.25) is 19.7 Å². The molecule has 26 heavy (non-hydrogen) atoms. The highest BCUT2D eigenvalue weighted by Gasteiger charge is 2.22. The molecule has 0 aromatic heterocycles. The number of nitro groups is 1. The van der Waals surface area contributed by atoms with Crippen LogP contribution in [-0.2, 0) is 0 Å². The second-order valence-corrected chi connectivity index (χ2v) is 6.26. The van der Waals surface area contributed by atoms with Crippen molar-refractivity contribution in [1.82, 2.24) is 4.90 Å². The number of aryl methyl sites for hydroxylation is 1. The van der Waals surface area contributed by atoms with Crippen LogP contribution in [0.4, 0.5) is 11.4 Å². The molecule has 7 heteroatoms. The van der Waals surface area contributed by atoms with Gasteiger partial charge in [0, 0.05) is 30.3 Å². The highest BCUT2D eigenvalue weighted by molar-refractivity contribution is 6.09. The van der Waals surface area contributed by atoms with E-state index in [1.807, 2.05) is 0 Å². The Morgan fingerprint density at radius 1 is 1.12 bits per heavy atom. The zero-order valence-electron chi connectivity index (χ0n) is 14.4. The Morgan fingerprint density at radius 3 is 2.46 bits per heavy atom. The van der Waals surface area contributed by atoms with Crippen LogP contribution < -0.4 is 5.32 Å². The molecule has 1 heterocycles. The highest BCUT2D eigenvalue weighted by Crippen LogP contribution is 2.23. The topological polar surface area (TPSA) is 92.6 Å². The Labute approximate surface area is 150 Å². The van der Waals surface area contributed by atoms with Crippen LogP contribution in [-0.4, -0.2) is 34.7 Å². The molecule has 0 radical (unpaired) electrons. The fraction of sp³-hybridized carbons (Fsp3) is 0.263. The van der Waals surface area contributed by atoms with E-state index in [1.165, 1.54) is 18.2 Å². The SMILES string of the molecule is Cc1cc(C(=O)Nc2ccccc2C(=O)N2CCCC2)ccc1[N+](=O)[O-]. The van der Waals surface area contributed by atoms with E-state index in [2.05, 4.69) is 5.32 Å². The van der Waals surface area contributed by atoms with E-state index in [4.69, 9.17) is 0 Å². The summed E-state index contributed by atoms with van der Waals surface area (Å²) in [5, 5.41) is 13.7. The van der Waals surface area contributed by atoms with Crippen molar-refractivity contribution in [3.63, 3.8) is 0 Å². The summed E-state index contributed by atoms with van der Waals surface area (Å²) in [6.07, 6.45) is 1.98. The smallest absolute Gasteiger partial charge is 0.272 e. The molecule has 2 aromatic rings. The van der Waals surface area contributed by atoms with Crippen molar-refractivity contribution < 1.29 is 14.5 Å². The fourth-order valence-corrected chi connectivity index (χ4v) is 3.07. The molecular weight excluding hydrogens is 334 g/mol. The van der Waals surface area contributed by atoms with Gasteiger partial charge in [-0.15, -0.1) is 0 Å². The molecule has 0 saturated carbocycles. The van der Waals surface area contributed by atoms with Crippen LogP contribution in [0, 0.1) is 17.0 Å². The van der Waals surface area contributed by atoms with Gasteiger partial charge in [0.15, 0.2) is 0 Å². The maximum Gasteiger partial charge on any atom is 0.272 e. The number of amides is 2. The third-order valence-electron chi connectivity index (χ3n) is 4.45. The molecule has 7 nitrogen and oxygen atoms in total. The molecule has 134 valence electrons. The van der Waals surface area contributed by atoms with Crippen molar-refractivity contribution in [3.05, 3.63) is 69.3 Å². The van der Waals surface area contributed by atoms with E-state index in [9.17, 15) is 19.7 Å². The first kappa shape index (κ1) is 17.6. The van der Waals surface area contributed by atoms with Crippen molar-refractivity contribution in [1.29, 1.82) is 0 Å². The molecule has 1 aliphatic heterocycles. The first-order valence-corrected chi connectivity index (χ1v) is 8.42. The predicted molar refractivity (Wildman–Crippen MR) is 97.4 cm³/mol. The lowest BCUT2D eigenvalue weighted by Crippen LogP contribution is -2.28. The number of nitrogens with one attached hydrogen (secondary N) is 1. The van der Waals surface area contributed by atoms with Crippen LogP contribution in [0.1, 0.15) is 39.1 Å². The number of rotatable bonds is 4. The van der Waals surface area contributed by atoms with E-state index < -0.39 is 10.8 Å².